The van der Waals surface area contributed by atoms with Gasteiger partial charge in [-0.05, 0) is 28.1 Å². The van der Waals surface area contributed by atoms with Gasteiger partial charge in [0.05, 0.1) is 6.20 Å². The lowest BCUT2D eigenvalue weighted by Crippen LogP contribution is -1.81. The van der Waals surface area contributed by atoms with Crippen LogP contribution in [0.1, 0.15) is 0 Å². The van der Waals surface area contributed by atoms with Crippen LogP contribution in [0.3, 0.4) is 0 Å². The number of nitrogens with two attached hydrogens (primary N) is 1. The molecule has 66 valence electrons. The van der Waals surface area contributed by atoms with E-state index in [-0.39, 0.29) is 6.01 Å². The molecular weight excluding hydrogens is 234 g/mol. The zero-order chi connectivity index (χ0) is 9.26. The molecule has 0 bridgehead atoms. The Hall–Kier alpha value is -1.36. The Morgan fingerprint density at radius 1 is 1.38 bits per heavy atom. The Bertz CT molecular complexity index is 427. The predicted molar refractivity (Wildman–Crippen MR) is 51.8 cm³/mol. The van der Waals surface area contributed by atoms with Gasteiger partial charge in [0.2, 0.25) is 0 Å². The van der Waals surface area contributed by atoms with Crippen LogP contribution < -0.4 is 5.73 Å². The molecule has 0 radical (unpaired) electrons. The SMILES string of the molecule is Nc1ncc(-c2cccc(Br)n2)o1. The summed E-state index contributed by atoms with van der Waals surface area (Å²) in [6, 6.07) is 5.68. The molecule has 0 spiro atoms. The van der Waals surface area contributed by atoms with E-state index in [1.807, 2.05) is 18.2 Å². The lowest BCUT2D eigenvalue weighted by atomic mass is 10.3. The highest BCUT2D eigenvalue weighted by Crippen LogP contribution is 2.20. The molecule has 0 aromatic carbocycles. The van der Waals surface area contributed by atoms with Gasteiger partial charge in [-0.2, -0.15) is 0 Å². The molecule has 0 aliphatic carbocycles. The van der Waals surface area contributed by atoms with E-state index < -0.39 is 0 Å². The second kappa shape index (κ2) is 3.18. The number of hydrogen-bond donors (Lipinski definition) is 1. The molecule has 0 fully saturated rings. The summed E-state index contributed by atoms with van der Waals surface area (Å²) in [7, 11) is 0. The minimum Gasteiger partial charge on any atom is -0.422 e. The van der Waals surface area contributed by atoms with Gasteiger partial charge in [-0.1, -0.05) is 6.07 Å². The molecule has 0 aliphatic rings. The fourth-order valence-corrected chi connectivity index (χ4v) is 1.30. The van der Waals surface area contributed by atoms with Crippen molar-refractivity contribution in [2.75, 3.05) is 5.73 Å². The summed E-state index contributed by atoms with van der Waals surface area (Å²) in [5.74, 6) is 0.568. The lowest BCUT2D eigenvalue weighted by molar-refractivity contribution is 0.592. The number of rotatable bonds is 1. The van der Waals surface area contributed by atoms with Crippen LogP contribution in [-0.4, -0.2) is 9.97 Å². The molecule has 2 aromatic heterocycles. The Morgan fingerprint density at radius 3 is 2.85 bits per heavy atom. The summed E-state index contributed by atoms with van der Waals surface area (Å²) in [6.45, 7) is 0. The van der Waals surface area contributed by atoms with Crippen LogP contribution in [0.2, 0.25) is 0 Å². The Labute approximate surface area is 82.9 Å². The maximum absolute atomic E-state index is 5.34. The molecule has 2 rings (SSSR count). The van der Waals surface area contributed by atoms with Crippen molar-refractivity contribution in [1.29, 1.82) is 0 Å². The van der Waals surface area contributed by atoms with Crippen LogP contribution in [0.15, 0.2) is 33.4 Å². The average Bonchev–Trinajstić information content (AvgIpc) is 2.52. The summed E-state index contributed by atoms with van der Waals surface area (Å²) >= 11 is 3.26. The van der Waals surface area contributed by atoms with Crippen molar-refractivity contribution < 1.29 is 4.42 Å². The van der Waals surface area contributed by atoms with E-state index in [1.54, 1.807) is 6.20 Å². The summed E-state index contributed by atoms with van der Waals surface area (Å²) in [4.78, 5) is 7.96. The normalized spacial score (nSPS) is 10.2. The van der Waals surface area contributed by atoms with Gasteiger partial charge >= 0.3 is 0 Å². The summed E-state index contributed by atoms with van der Waals surface area (Å²) in [6.07, 6.45) is 1.55. The van der Waals surface area contributed by atoms with Crippen molar-refractivity contribution in [3.8, 4) is 11.5 Å². The second-order valence-electron chi connectivity index (χ2n) is 2.41. The van der Waals surface area contributed by atoms with Crippen molar-refractivity contribution in [1.82, 2.24) is 9.97 Å². The summed E-state index contributed by atoms with van der Waals surface area (Å²) < 4.78 is 5.86. The maximum atomic E-state index is 5.34. The van der Waals surface area contributed by atoms with Crippen molar-refractivity contribution in [2.24, 2.45) is 0 Å². The van der Waals surface area contributed by atoms with E-state index in [4.69, 9.17) is 10.2 Å². The molecule has 2 N–H and O–H groups in total. The number of pyridine rings is 1. The van der Waals surface area contributed by atoms with Crippen molar-refractivity contribution in [3.05, 3.63) is 29.0 Å². The van der Waals surface area contributed by atoms with Crippen LogP contribution in [0, 0.1) is 0 Å². The summed E-state index contributed by atoms with van der Waals surface area (Å²) in [5.41, 5.74) is 6.04. The zero-order valence-electron chi connectivity index (χ0n) is 6.57. The van der Waals surface area contributed by atoms with Crippen LogP contribution in [-0.2, 0) is 0 Å². The van der Waals surface area contributed by atoms with Gasteiger partial charge in [-0.3, -0.25) is 0 Å². The zero-order valence-corrected chi connectivity index (χ0v) is 8.15. The van der Waals surface area contributed by atoms with E-state index >= 15 is 0 Å². The number of oxazole rings is 1. The molecule has 0 unspecified atom stereocenters. The first kappa shape index (κ1) is 8.25. The fourth-order valence-electron chi connectivity index (χ4n) is 0.952. The topological polar surface area (TPSA) is 64.9 Å². The molecule has 13 heavy (non-hydrogen) atoms. The number of anilines is 1. The second-order valence-corrected chi connectivity index (χ2v) is 3.22. The lowest BCUT2D eigenvalue weighted by Gasteiger charge is -1.94. The smallest absolute Gasteiger partial charge is 0.292 e. The first-order valence-corrected chi connectivity index (χ1v) is 4.39. The van der Waals surface area contributed by atoms with Gasteiger partial charge in [0.1, 0.15) is 10.3 Å². The van der Waals surface area contributed by atoms with Crippen molar-refractivity contribution in [2.45, 2.75) is 0 Å². The number of halogens is 1. The predicted octanol–water partition coefficient (Wildman–Crippen LogP) is 2.08. The molecule has 5 heteroatoms. The standard InChI is InChI=1S/C8H6BrN3O/c9-7-3-1-2-5(12-7)6-4-11-8(10)13-6/h1-4H,(H2,10,11). The minimum atomic E-state index is 0.150. The van der Waals surface area contributed by atoms with Crippen molar-refractivity contribution >= 4 is 21.9 Å². The maximum Gasteiger partial charge on any atom is 0.292 e. The highest BCUT2D eigenvalue weighted by Gasteiger charge is 2.04. The van der Waals surface area contributed by atoms with E-state index in [1.165, 1.54) is 0 Å². The van der Waals surface area contributed by atoms with E-state index in [0.717, 1.165) is 4.60 Å². The van der Waals surface area contributed by atoms with Gasteiger partial charge in [0.15, 0.2) is 5.76 Å². The Balaban J connectivity index is 2.46. The Morgan fingerprint density at radius 2 is 2.23 bits per heavy atom. The van der Waals surface area contributed by atoms with Crippen LogP contribution >= 0.6 is 15.9 Å². The molecule has 2 heterocycles. The van der Waals surface area contributed by atoms with Crippen LogP contribution in [0.4, 0.5) is 6.01 Å². The number of nitrogen functional groups attached to an aromatic ring is 1. The third kappa shape index (κ3) is 1.70. The molecule has 0 saturated carbocycles. The van der Waals surface area contributed by atoms with Gasteiger partial charge in [0.25, 0.3) is 6.01 Å². The first-order valence-electron chi connectivity index (χ1n) is 3.60. The quantitative estimate of drug-likeness (QED) is 0.775. The highest BCUT2D eigenvalue weighted by atomic mass is 79.9. The molecule has 0 amide bonds. The average molecular weight is 240 g/mol. The molecular formula is C8H6BrN3O. The van der Waals surface area contributed by atoms with Gasteiger partial charge in [-0.25, -0.2) is 9.97 Å². The van der Waals surface area contributed by atoms with E-state index in [9.17, 15) is 0 Å². The molecule has 4 nitrogen and oxygen atoms in total. The van der Waals surface area contributed by atoms with Gasteiger partial charge < -0.3 is 10.2 Å². The van der Waals surface area contributed by atoms with Crippen LogP contribution in [0.25, 0.3) is 11.5 Å². The van der Waals surface area contributed by atoms with Crippen molar-refractivity contribution in [3.63, 3.8) is 0 Å². The molecule has 2 aromatic rings. The monoisotopic (exact) mass is 239 g/mol. The third-order valence-corrected chi connectivity index (χ3v) is 1.93. The van der Waals surface area contributed by atoms with Gasteiger partial charge in [-0.15, -0.1) is 0 Å². The van der Waals surface area contributed by atoms with Crippen LogP contribution in [0.5, 0.6) is 0 Å². The molecule has 0 aliphatic heterocycles. The van der Waals surface area contributed by atoms with Gasteiger partial charge in [0, 0.05) is 0 Å². The number of nitrogens with zero attached hydrogens (tertiary/aromatic N) is 2. The van der Waals surface area contributed by atoms with E-state index in [0.29, 0.717) is 11.5 Å². The molecule has 0 saturated heterocycles. The number of aromatic nitrogens is 2. The minimum absolute atomic E-state index is 0.150. The summed E-state index contributed by atoms with van der Waals surface area (Å²) in [5, 5.41) is 0. The highest BCUT2D eigenvalue weighted by molar-refractivity contribution is 9.10. The largest absolute Gasteiger partial charge is 0.422 e. The first-order chi connectivity index (χ1) is 6.25. The third-order valence-electron chi connectivity index (χ3n) is 1.49. The van der Waals surface area contributed by atoms with E-state index in [2.05, 4.69) is 25.9 Å². The number of hydrogen-bond acceptors (Lipinski definition) is 4. The fraction of sp³-hybridized carbons (Fsp3) is 0. The molecule has 0 atom stereocenters. The Kier molecular flexibility index (Phi) is 2.02.